The Morgan fingerprint density at radius 3 is 2.68 bits per heavy atom. The van der Waals surface area contributed by atoms with Gasteiger partial charge in [0.15, 0.2) is 17.5 Å². The van der Waals surface area contributed by atoms with Crippen LogP contribution in [0.1, 0.15) is 19.8 Å². The number of aliphatic imine (C=N–C) groups is 1. The molecule has 0 aromatic heterocycles. The number of methoxy groups -OCH3 is 1. The maximum absolute atomic E-state index is 13.7. The smallest absolute Gasteiger partial charge is 0.191 e. The lowest BCUT2D eigenvalue weighted by Gasteiger charge is -2.20. The minimum Gasteiger partial charge on any atom is -0.486 e. The average molecular weight is 355 g/mol. The predicted octanol–water partition coefficient (Wildman–Crippen LogP) is 2.20. The highest BCUT2D eigenvalue weighted by Crippen LogP contribution is 2.17. The third kappa shape index (κ3) is 9.26. The molecule has 0 heterocycles. The van der Waals surface area contributed by atoms with Gasteiger partial charge in [0.1, 0.15) is 6.10 Å². The van der Waals surface area contributed by atoms with Crippen LogP contribution in [0.15, 0.2) is 29.3 Å². The van der Waals surface area contributed by atoms with Crippen molar-refractivity contribution in [3.63, 3.8) is 0 Å². The van der Waals surface area contributed by atoms with Crippen LogP contribution in [-0.2, 0) is 9.47 Å². The van der Waals surface area contributed by atoms with Gasteiger partial charge < -0.3 is 24.8 Å². The highest BCUT2D eigenvalue weighted by molar-refractivity contribution is 5.79. The zero-order valence-electron chi connectivity index (χ0n) is 15.4. The topological polar surface area (TPSA) is 64.1 Å². The van der Waals surface area contributed by atoms with Gasteiger partial charge in [-0.25, -0.2) is 4.39 Å². The van der Waals surface area contributed by atoms with Gasteiger partial charge in [-0.2, -0.15) is 0 Å². The lowest BCUT2D eigenvalue weighted by molar-refractivity contribution is 0.0698. The highest BCUT2D eigenvalue weighted by atomic mass is 19.1. The van der Waals surface area contributed by atoms with Crippen LogP contribution in [0.3, 0.4) is 0 Å². The Kier molecular flexibility index (Phi) is 11.4. The van der Waals surface area contributed by atoms with Gasteiger partial charge in [-0.3, -0.25) is 4.99 Å². The lowest BCUT2D eigenvalue weighted by atomic mass is 10.2. The Hall–Kier alpha value is -1.86. The molecule has 0 radical (unpaired) electrons. The van der Waals surface area contributed by atoms with E-state index in [0.29, 0.717) is 32.3 Å². The number of nitrogens with zero attached hydrogens (tertiary/aromatic N) is 1. The molecule has 2 N–H and O–H groups in total. The summed E-state index contributed by atoms with van der Waals surface area (Å²) in [5, 5.41) is 6.42. The molecule has 25 heavy (non-hydrogen) atoms. The van der Waals surface area contributed by atoms with Crippen molar-refractivity contribution in [3.8, 4) is 5.75 Å². The van der Waals surface area contributed by atoms with Crippen molar-refractivity contribution < 1.29 is 18.6 Å². The van der Waals surface area contributed by atoms with Crippen LogP contribution in [0, 0.1) is 5.82 Å². The van der Waals surface area contributed by atoms with Gasteiger partial charge in [0.05, 0.1) is 19.8 Å². The van der Waals surface area contributed by atoms with E-state index in [9.17, 15) is 4.39 Å². The van der Waals surface area contributed by atoms with E-state index in [2.05, 4.69) is 15.6 Å². The van der Waals surface area contributed by atoms with Crippen molar-refractivity contribution in [2.75, 3.05) is 47.1 Å². The molecule has 1 rings (SSSR count). The standard InChI is InChI=1S/C18H30FN3O3/c1-4-15(25-17-9-6-5-8-16(17)19)14-22-18(20-2)21-10-7-11-24-13-12-23-3/h5-6,8-9,15H,4,7,10-14H2,1-3H3,(H2,20,21,22). The summed E-state index contributed by atoms with van der Waals surface area (Å²) < 4.78 is 29.7. The Labute approximate surface area is 149 Å². The molecule has 0 aliphatic heterocycles. The summed E-state index contributed by atoms with van der Waals surface area (Å²) >= 11 is 0. The Morgan fingerprint density at radius 1 is 1.20 bits per heavy atom. The zero-order chi connectivity index (χ0) is 18.3. The summed E-state index contributed by atoms with van der Waals surface area (Å²) in [5.41, 5.74) is 0. The number of ether oxygens (including phenoxy) is 3. The molecule has 0 aliphatic carbocycles. The molecule has 6 nitrogen and oxygen atoms in total. The van der Waals surface area contributed by atoms with E-state index < -0.39 is 0 Å². The van der Waals surface area contributed by atoms with Crippen LogP contribution < -0.4 is 15.4 Å². The zero-order valence-corrected chi connectivity index (χ0v) is 15.4. The Morgan fingerprint density at radius 2 is 2.00 bits per heavy atom. The van der Waals surface area contributed by atoms with E-state index in [1.54, 1.807) is 32.4 Å². The fourth-order valence-corrected chi connectivity index (χ4v) is 2.05. The molecule has 0 bridgehead atoms. The van der Waals surface area contributed by atoms with Crippen molar-refractivity contribution in [3.05, 3.63) is 30.1 Å². The van der Waals surface area contributed by atoms with Crippen molar-refractivity contribution >= 4 is 5.96 Å². The first-order valence-corrected chi connectivity index (χ1v) is 8.63. The second kappa shape index (κ2) is 13.4. The van der Waals surface area contributed by atoms with Gasteiger partial charge in [-0.1, -0.05) is 19.1 Å². The highest BCUT2D eigenvalue weighted by Gasteiger charge is 2.11. The van der Waals surface area contributed by atoms with Crippen LogP contribution in [0.2, 0.25) is 0 Å². The second-order valence-corrected chi connectivity index (χ2v) is 5.42. The van der Waals surface area contributed by atoms with E-state index in [0.717, 1.165) is 19.4 Å². The number of hydrogen-bond donors (Lipinski definition) is 2. The lowest BCUT2D eigenvalue weighted by Crippen LogP contribution is -2.43. The Bertz CT molecular complexity index is 500. The average Bonchev–Trinajstić information content (AvgIpc) is 2.63. The first-order valence-electron chi connectivity index (χ1n) is 8.63. The fourth-order valence-electron chi connectivity index (χ4n) is 2.05. The van der Waals surface area contributed by atoms with E-state index in [1.165, 1.54) is 6.07 Å². The summed E-state index contributed by atoms with van der Waals surface area (Å²) in [6.45, 7) is 5.17. The number of hydrogen-bond acceptors (Lipinski definition) is 4. The molecular weight excluding hydrogens is 325 g/mol. The monoisotopic (exact) mass is 355 g/mol. The predicted molar refractivity (Wildman–Crippen MR) is 97.8 cm³/mol. The quantitative estimate of drug-likeness (QED) is 0.342. The first kappa shape index (κ1) is 21.2. The van der Waals surface area contributed by atoms with Crippen LogP contribution in [-0.4, -0.2) is 59.1 Å². The van der Waals surface area contributed by atoms with E-state index in [4.69, 9.17) is 14.2 Å². The number of benzene rings is 1. The molecule has 1 atom stereocenters. The summed E-state index contributed by atoms with van der Waals surface area (Å²) in [7, 11) is 3.36. The number of para-hydroxylation sites is 1. The van der Waals surface area contributed by atoms with E-state index >= 15 is 0 Å². The van der Waals surface area contributed by atoms with Crippen LogP contribution >= 0.6 is 0 Å². The maximum atomic E-state index is 13.7. The van der Waals surface area contributed by atoms with Crippen molar-refractivity contribution in [2.45, 2.75) is 25.9 Å². The maximum Gasteiger partial charge on any atom is 0.191 e. The molecule has 0 amide bonds. The molecule has 0 saturated carbocycles. The minimum absolute atomic E-state index is 0.146. The molecule has 0 saturated heterocycles. The summed E-state index contributed by atoms with van der Waals surface area (Å²) in [6.07, 6.45) is 1.48. The fraction of sp³-hybridized carbons (Fsp3) is 0.611. The molecular formula is C18H30FN3O3. The molecule has 1 aromatic carbocycles. The van der Waals surface area contributed by atoms with Gasteiger partial charge in [0, 0.05) is 27.3 Å². The molecule has 0 spiro atoms. The molecule has 0 aliphatic rings. The normalized spacial score (nSPS) is 12.7. The van der Waals surface area contributed by atoms with Gasteiger partial charge in [0.25, 0.3) is 0 Å². The van der Waals surface area contributed by atoms with Crippen LogP contribution in [0.5, 0.6) is 5.75 Å². The third-order valence-corrected chi connectivity index (χ3v) is 3.50. The molecule has 0 fully saturated rings. The van der Waals surface area contributed by atoms with Gasteiger partial charge in [-0.05, 0) is 25.0 Å². The molecule has 1 aromatic rings. The van der Waals surface area contributed by atoms with Crippen LogP contribution in [0.4, 0.5) is 4.39 Å². The molecule has 7 heteroatoms. The summed E-state index contributed by atoms with van der Waals surface area (Å²) in [6, 6.07) is 6.43. The second-order valence-electron chi connectivity index (χ2n) is 5.42. The van der Waals surface area contributed by atoms with Gasteiger partial charge >= 0.3 is 0 Å². The van der Waals surface area contributed by atoms with Crippen LogP contribution in [0.25, 0.3) is 0 Å². The van der Waals surface area contributed by atoms with Gasteiger partial charge in [-0.15, -0.1) is 0 Å². The Balaban J connectivity index is 2.26. The van der Waals surface area contributed by atoms with Crippen molar-refractivity contribution in [1.29, 1.82) is 0 Å². The number of nitrogens with one attached hydrogen (secondary N) is 2. The first-order chi connectivity index (χ1) is 12.2. The SMILES string of the molecule is CCC(CNC(=NC)NCCCOCCOC)Oc1ccccc1F. The largest absolute Gasteiger partial charge is 0.486 e. The molecule has 1 unspecified atom stereocenters. The minimum atomic E-state index is -0.350. The van der Waals surface area contributed by atoms with E-state index in [-0.39, 0.29) is 17.7 Å². The number of guanidine groups is 1. The van der Waals surface area contributed by atoms with Gasteiger partial charge in [0.2, 0.25) is 0 Å². The summed E-state index contributed by atoms with van der Waals surface area (Å²) in [5.74, 6) is 0.608. The number of rotatable bonds is 12. The number of halogens is 1. The van der Waals surface area contributed by atoms with Crippen molar-refractivity contribution in [1.82, 2.24) is 10.6 Å². The van der Waals surface area contributed by atoms with Crippen molar-refractivity contribution in [2.24, 2.45) is 4.99 Å². The summed E-state index contributed by atoms with van der Waals surface area (Å²) in [4.78, 5) is 4.17. The van der Waals surface area contributed by atoms with E-state index in [1.807, 2.05) is 6.92 Å². The third-order valence-electron chi connectivity index (χ3n) is 3.50. The molecule has 142 valence electrons.